The number of morpholine rings is 1. The molecule has 2 aromatic rings. The first-order valence-corrected chi connectivity index (χ1v) is 11.3. The van der Waals surface area contributed by atoms with Crippen LogP contribution in [0.3, 0.4) is 0 Å². The zero-order valence-electron chi connectivity index (χ0n) is 17.5. The number of carbonyl (C=O) groups excluding carboxylic acids is 3. The molecule has 9 heteroatoms. The highest BCUT2D eigenvalue weighted by Crippen LogP contribution is 2.33. The van der Waals surface area contributed by atoms with Crippen molar-refractivity contribution in [3.63, 3.8) is 0 Å². The van der Waals surface area contributed by atoms with Gasteiger partial charge in [-0.15, -0.1) is 0 Å². The summed E-state index contributed by atoms with van der Waals surface area (Å²) in [6.07, 6.45) is 1.71. The molecule has 166 valence electrons. The van der Waals surface area contributed by atoms with Gasteiger partial charge in [0.15, 0.2) is 0 Å². The molecule has 2 fully saturated rings. The molecule has 2 aromatic carbocycles. The first-order chi connectivity index (χ1) is 15.4. The number of halogens is 1. The van der Waals surface area contributed by atoms with Gasteiger partial charge in [0.05, 0.1) is 18.1 Å². The van der Waals surface area contributed by atoms with Gasteiger partial charge in [-0.2, -0.15) is 0 Å². The summed E-state index contributed by atoms with van der Waals surface area (Å²) in [4.78, 5) is 41.0. The molecule has 0 spiro atoms. The number of carbonyl (C=O) groups is 3. The fraction of sp³-hybridized carbons (Fsp3) is 0.261. The van der Waals surface area contributed by atoms with Crippen LogP contribution in [-0.4, -0.2) is 54.8 Å². The van der Waals surface area contributed by atoms with Gasteiger partial charge in [0, 0.05) is 29.5 Å². The molecule has 2 heterocycles. The Balaban J connectivity index is 1.43. The van der Waals surface area contributed by atoms with Gasteiger partial charge in [-0.3, -0.25) is 19.3 Å². The van der Waals surface area contributed by atoms with Crippen LogP contribution in [0, 0.1) is 6.92 Å². The third-order valence-electron chi connectivity index (χ3n) is 5.22. The van der Waals surface area contributed by atoms with E-state index in [0.29, 0.717) is 28.8 Å². The predicted octanol–water partition coefficient (Wildman–Crippen LogP) is 4.16. The van der Waals surface area contributed by atoms with E-state index in [-0.39, 0.29) is 6.54 Å². The van der Waals surface area contributed by atoms with Crippen LogP contribution in [0.15, 0.2) is 47.4 Å². The maximum Gasteiger partial charge on any atom is 0.294 e. The Morgan fingerprint density at radius 2 is 1.88 bits per heavy atom. The third-order valence-corrected chi connectivity index (χ3v) is 6.38. The Morgan fingerprint density at radius 1 is 1.16 bits per heavy atom. The van der Waals surface area contributed by atoms with Gasteiger partial charge < -0.3 is 15.0 Å². The molecule has 2 aliphatic heterocycles. The molecule has 0 unspecified atom stereocenters. The summed E-state index contributed by atoms with van der Waals surface area (Å²) < 4.78 is 5.40. The first-order valence-electron chi connectivity index (χ1n) is 10.1. The molecule has 32 heavy (non-hydrogen) atoms. The van der Waals surface area contributed by atoms with Crippen LogP contribution in [0.5, 0.6) is 0 Å². The maximum atomic E-state index is 12.8. The van der Waals surface area contributed by atoms with E-state index in [9.17, 15) is 14.4 Å². The van der Waals surface area contributed by atoms with Crippen molar-refractivity contribution in [2.75, 3.05) is 43.1 Å². The lowest BCUT2D eigenvalue weighted by atomic mass is 10.1. The van der Waals surface area contributed by atoms with Gasteiger partial charge in [-0.25, -0.2) is 0 Å². The number of amides is 3. The monoisotopic (exact) mass is 471 g/mol. The van der Waals surface area contributed by atoms with Crippen molar-refractivity contribution in [2.24, 2.45) is 0 Å². The second-order valence-corrected chi connectivity index (χ2v) is 8.89. The number of nitrogens with one attached hydrogen (secondary N) is 1. The lowest BCUT2D eigenvalue weighted by molar-refractivity contribution is -0.127. The molecule has 0 aliphatic carbocycles. The van der Waals surface area contributed by atoms with Crippen LogP contribution < -0.4 is 10.2 Å². The van der Waals surface area contributed by atoms with Crippen LogP contribution in [0.1, 0.15) is 11.1 Å². The zero-order chi connectivity index (χ0) is 22.7. The van der Waals surface area contributed by atoms with Crippen LogP contribution in [0.4, 0.5) is 16.2 Å². The largest absolute Gasteiger partial charge is 0.378 e. The minimum Gasteiger partial charge on any atom is -0.378 e. The number of rotatable bonds is 5. The number of benzene rings is 2. The average molecular weight is 472 g/mol. The van der Waals surface area contributed by atoms with Crippen molar-refractivity contribution in [3.05, 3.63) is 63.5 Å². The van der Waals surface area contributed by atoms with Gasteiger partial charge >= 0.3 is 0 Å². The molecule has 3 amide bonds. The maximum absolute atomic E-state index is 12.8. The van der Waals surface area contributed by atoms with E-state index < -0.39 is 17.1 Å². The molecule has 2 aliphatic rings. The third kappa shape index (κ3) is 5.15. The van der Waals surface area contributed by atoms with Crippen molar-refractivity contribution in [1.29, 1.82) is 0 Å². The lowest BCUT2D eigenvalue weighted by Gasteiger charge is -2.29. The summed E-state index contributed by atoms with van der Waals surface area (Å²) in [7, 11) is 0. The summed E-state index contributed by atoms with van der Waals surface area (Å²) in [5.41, 5.74) is 3.51. The highest BCUT2D eigenvalue weighted by atomic mass is 35.5. The smallest absolute Gasteiger partial charge is 0.294 e. The van der Waals surface area contributed by atoms with E-state index in [2.05, 4.69) is 16.3 Å². The van der Waals surface area contributed by atoms with Gasteiger partial charge in [0.25, 0.3) is 11.1 Å². The molecule has 1 N–H and O–H groups in total. The molecule has 0 aromatic heterocycles. The Morgan fingerprint density at radius 3 is 2.56 bits per heavy atom. The fourth-order valence-corrected chi connectivity index (χ4v) is 4.45. The number of nitrogens with zero attached hydrogens (tertiary/aromatic N) is 2. The summed E-state index contributed by atoms with van der Waals surface area (Å²) in [5.74, 6) is -0.926. The highest BCUT2D eigenvalue weighted by molar-refractivity contribution is 8.18. The van der Waals surface area contributed by atoms with E-state index in [4.69, 9.17) is 16.3 Å². The Labute approximate surface area is 195 Å². The van der Waals surface area contributed by atoms with Crippen molar-refractivity contribution < 1.29 is 19.1 Å². The first kappa shape index (κ1) is 22.4. The van der Waals surface area contributed by atoms with Gasteiger partial charge in [0.2, 0.25) is 5.91 Å². The van der Waals surface area contributed by atoms with E-state index in [1.165, 1.54) is 0 Å². The van der Waals surface area contributed by atoms with Crippen LogP contribution in [-0.2, 0) is 14.3 Å². The predicted molar refractivity (Wildman–Crippen MR) is 127 cm³/mol. The standard InChI is InChI=1S/C23H22ClN3O4S/c1-15-12-19(26-8-10-31-11-9-26)7-2-16(15)13-20-22(29)27(23(30)32-20)14-21(28)25-18-5-3-17(24)4-6-18/h2-7,12-13H,8-11,14H2,1H3,(H,25,28)/b20-13-. The van der Waals surface area contributed by atoms with Gasteiger partial charge in [-0.05, 0) is 72.3 Å². The van der Waals surface area contributed by atoms with Crippen LogP contribution in [0.25, 0.3) is 6.08 Å². The molecular formula is C23H22ClN3O4S. The number of hydrogen-bond donors (Lipinski definition) is 1. The minimum atomic E-state index is -0.470. The van der Waals surface area contributed by atoms with Gasteiger partial charge in [0.1, 0.15) is 6.54 Å². The molecule has 4 rings (SSSR count). The summed E-state index contributed by atoms with van der Waals surface area (Å²) in [6, 6.07) is 12.6. The molecule has 0 saturated carbocycles. The average Bonchev–Trinajstić information content (AvgIpc) is 3.04. The fourth-order valence-electron chi connectivity index (χ4n) is 3.49. The van der Waals surface area contributed by atoms with E-state index >= 15 is 0 Å². The summed E-state index contributed by atoms with van der Waals surface area (Å²) >= 11 is 6.68. The van der Waals surface area contributed by atoms with Crippen molar-refractivity contribution in [1.82, 2.24) is 4.90 Å². The van der Waals surface area contributed by atoms with E-state index in [0.717, 1.165) is 46.6 Å². The molecular weight excluding hydrogens is 450 g/mol. The molecule has 0 atom stereocenters. The summed E-state index contributed by atoms with van der Waals surface area (Å²) in [6.45, 7) is 4.73. The number of hydrogen-bond acceptors (Lipinski definition) is 6. The van der Waals surface area contributed by atoms with Gasteiger partial charge in [-0.1, -0.05) is 17.7 Å². The van der Waals surface area contributed by atoms with E-state index in [1.807, 2.05) is 19.1 Å². The normalized spacial score (nSPS) is 17.9. The zero-order valence-corrected chi connectivity index (χ0v) is 19.0. The van der Waals surface area contributed by atoms with Crippen molar-refractivity contribution in [3.8, 4) is 0 Å². The molecule has 0 bridgehead atoms. The molecule has 0 radical (unpaired) electrons. The minimum absolute atomic E-state index is 0.302. The highest BCUT2D eigenvalue weighted by Gasteiger charge is 2.36. The number of aryl methyl sites for hydroxylation is 1. The second-order valence-electron chi connectivity index (χ2n) is 7.46. The Kier molecular flexibility index (Phi) is 6.83. The Bertz CT molecular complexity index is 1080. The van der Waals surface area contributed by atoms with E-state index in [1.54, 1.807) is 30.3 Å². The number of ether oxygens (including phenoxy) is 1. The lowest BCUT2D eigenvalue weighted by Crippen LogP contribution is -2.36. The quantitative estimate of drug-likeness (QED) is 0.660. The van der Waals surface area contributed by atoms with Crippen LogP contribution >= 0.6 is 23.4 Å². The van der Waals surface area contributed by atoms with Crippen molar-refractivity contribution >= 4 is 57.9 Å². The Hall–Kier alpha value is -2.81. The number of thioether (sulfide) groups is 1. The van der Waals surface area contributed by atoms with Crippen molar-refractivity contribution in [2.45, 2.75) is 6.92 Å². The molecule has 2 saturated heterocycles. The second kappa shape index (κ2) is 9.77. The molecule has 7 nitrogen and oxygen atoms in total. The topological polar surface area (TPSA) is 79.0 Å². The SMILES string of the molecule is Cc1cc(N2CCOCC2)ccc1/C=C1\SC(=O)N(CC(=O)Nc2ccc(Cl)cc2)C1=O. The number of anilines is 2. The number of imide groups is 1. The summed E-state index contributed by atoms with van der Waals surface area (Å²) in [5, 5.41) is 2.75. The van der Waals surface area contributed by atoms with Crippen LogP contribution in [0.2, 0.25) is 5.02 Å².